The van der Waals surface area contributed by atoms with E-state index >= 15 is 0 Å². The summed E-state index contributed by atoms with van der Waals surface area (Å²) in [5.41, 5.74) is 0. The molecule has 1 amide bonds. The SMILES string of the molecule is C=CN1CCC(C(=O)O)C1=O. The molecule has 0 spiro atoms. The van der Waals surface area contributed by atoms with E-state index in [2.05, 4.69) is 6.58 Å². The first-order chi connectivity index (χ1) is 5.16. The predicted octanol–water partition coefficient (Wildman–Crippen LogP) is 0.0630. The fourth-order valence-electron chi connectivity index (χ4n) is 1.11. The van der Waals surface area contributed by atoms with Crippen LogP contribution in [0.3, 0.4) is 0 Å². The van der Waals surface area contributed by atoms with Crippen LogP contribution in [0.1, 0.15) is 6.42 Å². The first-order valence-corrected chi connectivity index (χ1v) is 3.32. The topological polar surface area (TPSA) is 57.6 Å². The van der Waals surface area contributed by atoms with Gasteiger partial charge < -0.3 is 10.0 Å². The van der Waals surface area contributed by atoms with Crippen molar-refractivity contribution in [2.75, 3.05) is 6.54 Å². The Kier molecular flexibility index (Phi) is 1.94. The molecule has 1 saturated heterocycles. The van der Waals surface area contributed by atoms with E-state index in [-0.39, 0.29) is 5.91 Å². The summed E-state index contributed by atoms with van der Waals surface area (Å²) < 4.78 is 0. The average Bonchev–Trinajstić information content (AvgIpc) is 2.30. The van der Waals surface area contributed by atoms with Gasteiger partial charge >= 0.3 is 5.97 Å². The Balaban J connectivity index is 2.70. The highest BCUT2D eigenvalue weighted by Gasteiger charge is 2.35. The molecule has 1 atom stereocenters. The van der Waals surface area contributed by atoms with Gasteiger partial charge in [-0.15, -0.1) is 0 Å². The highest BCUT2D eigenvalue weighted by molar-refractivity contribution is 5.98. The quantitative estimate of drug-likeness (QED) is 0.574. The average molecular weight is 155 g/mol. The van der Waals surface area contributed by atoms with E-state index in [0.717, 1.165) is 0 Å². The minimum absolute atomic E-state index is 0.354. The summed E-state index contributed by atoms with van der Waals surface area (Å²) in [7, 11) is 0. The molecule has 60 valence electrons. The molecule has 0 saturated carbocycles. The van der Waals surface area contributed by atoms with Gasteiger partial charge in [-0.2, -0.15) is 0 Å². The van der Waals surface area contributed by atoms with Crippen molar-refractivity contribution in [3.05, 3.63) is 12.8 Å². The highest BCUT2D eigenvalue weighted by atomic mass is 16.4. The van der Waals surface area contributed by atoms with E-state index in [1.54, 1.807) is 0 Å². The molecule has 4 nitrogen and oxygen atoms in total. The molecule has 0 aromatic heterocycles. The summed E-state index contributed by atoms with van der Waals surface area (Å²) in [6.07, 6.45) is 1.76. The van der Waals surface area contributed by atoms with E-state index in [1.807, 2.05) is 0 Å². The Bertz CT molecular complexity index is 212. The molecule has 0 bridgehead atoms. The maximum absolute atomic E-state index is 11.1. The first-order valence-electron chi connectivity index (χ1n) is 3.32. The first kappa shape index (κ1) is 7.78. The molecule has 1 N–H and O–H groups in total. The van der Waals surface area contributed by atoms with Crippen molar-refractivity contribution in [3.63, 3.8) is 0 Å². The molecule has 1 aliphatic heterocycles. The minimum atomic E-state index is -1.04. The number of nitrogens with zero attached hydrogens (tertiary/aromatic N) is 1. The molecule has 11 heavy (non-hydrogen) atoms. The van der Waals surface area contributed by atoms with Crippen LogP contribution in [0.4, 0.5) is 0 Å². The summed E-state index contributed by atoms with van der Waals surface area (Å²) in [6.45, 7) is 3.87. The second kappa shape index (κ2) is 2.74. The third-order valence-corrected chi connectivity index (χ3v) is 1.76. The van der Waals surface area contributed by atoms with Crippen molar-refractivity contribution in [2.24, 2.45) is 5.92 Å². The second-order valence-corrected chi connectivity index (χ2v) is 2.39. The molecule has 1 aliphatic rings. The van der Waals surface area contributed by atoms with Crippen LogP contribution in [0.25, 0.3) is 0 Å². The van der Waals surface area contributed by atoms with Gasteiger partial charge in [-0.25, -0.2) is 0 Å². The molecular weight excluding hydrogens is 146 g/mol. The third kappa shape index (κ3) is 1.24. The van der Waals surface area contributed by atoms with Gasteiger partial charge in [-0.1, -0.05) is 6.58 Å². The third-order valence-electron chi connectivity index (χ3n) is 1.76. The van der Waals surface area contributed by atoms with Gasteiger partial charge in [0.25, 0.3) is 0 Å². The molecule has 0 radical (unpaired) electrons. The van der Waals surface area contributed by atoms with Crippen molar-refractivity contribution < 1.29 is 14.7 Å². The van der Waals surface area contributed by atoms with E-state index in [4.69, 9.17) is 5.11 Å². The van der Waals surface area contributed by atoms with Crippen LogP contribution in [0, 0.1) is 5.92 Å². The number of amides is 1. The van der Waals surface area contributed by atoms with Crippen LogP contribution >= 0.6 is 0 Å². The Morgan fingerprint density at radius 1 is 1.82 bits per heavy atom. The summed E-state index contributed by atoms with van der Waals surface area (Å²) >= 11 is 0. The maximum atomic E-state index is 11.1. The molecule has 1 rings (SSSR count). The molecule has 4 heteroatoms. The fourth-order valence-corrected chi connectivity index (χ4v) is 1.11. The number of carbonyl (C=O) groups is 2. The highest BCUT2D eigenvalue weighted by Crippen LogP contribution is 2.17. The molecule has 1 unspecified atom stereocenters. The van der Waals surface area contributed by atoms with Gasteiger partial charge in [0, 0.05) is 6.54 Å². The number of rotatable bonds is 2. The summed E-state index contributed by atoms with van der Waals surface area (Å²) in [6, 6.07) is 0. The fraction of sp³-hybridized carbons (Fsp3) is 0.429. The largest absolute Gasteiger partial charge is 0.481 e. The Hall–Kier alpha value is -1.32. The lowest BCUT2D eigenvalue weighted by Gasteiger charge is -2.07. The molecule has 1 fully saturated rings. The summed E-state index contributed by atoms with van der Waals surface area (Å²) in [5.74, 6) is -2.25. The minimum Gasteiger partial charge on any atom is -0.481 e. The van der Waals surface area contributed by atoms with Crippen molar-refractivity contribution in [2.45, 2.75) is 6.42 Å². The maximum Gasteiger partial charge on any atom is 0.316 e. The van der Waals surface area contributed by atoms with Gasteiger partial charge in [-0.05, 0) is 12.6 Å². The summed E-state index contributed by atoms with van der Waals surface area (Å²) in [4.78, 5) is 22.8. The van der Waals surface area contributed by atoms with Crippen molar-refractivity contribution in [1.29, 1.82) is 0 Å². The number of carbonyl (C=O) groups excluding carboxylic acids is 1. The van der Waals surface area contributed by atoms with Crippen molar-refractivity contribution >= 4 is 11.9 Å². The van der Waals surface area contributed by atoms with Gasteiger partial charge in [0.15, 0.2) is 0 Å². The summed E-state index contributed by atoms with van der Waals surface area (Å²) in [5, 5.41) is 8.52. The Morgan fingerprint density at radius 3 is 2.73 bits per heavy atom. The second-order valence-electron chi connectivity index (χ2n) is 2.39. The standard InChI is InChI=1S/C7H9NO3/c1-2-8-4-3-5(6(8)9)7(10)11/h2,5H,1,3-4H2,(H,10,11). The van der Waals surface area contributed by atoms with Crippen LogP contribution in [0.15, 0.2) is 12.8 Å². The van der Waals surface area contributed by atoms with Crippen molar-refractivity contribution in [3.8, 4) is 0 Å². The van der Waals surface area contributed by atoms with Gasteiger partial charge in [0.1, 0.15) is 5.92 Å². The monoisotopic (exact) mass is 155 g/mol. The van der Waals surface area contributed by atoms with Crippen molar-refractivity contribution in [1.82, 2.24) is 4.90 Å². The Labute approximate surface area is 64.1 Å². The smallest absolute Gasteiger partial charge is 0.316 e. The van der Waals surface area contributed by atoms with Crippen LogP contribution in [-0.4, -0.2) is 28.4 Å². The number of carboxylic acid groups (broad SMARTS) is 1. The molecular formula is C7H9NO3. The zero-order valence-electron chi connectivity index (χ0n) is 5.99. The number of carboxylic acids is 1. The lowest BCUT2D eigenvalue weighted by molar-refractivity contribution is -0.146. The molecule has 1 heterocycles. The van der Waals surface area contributed by atoms with Gasteiger partial charge in [0.2, 0.25) is 5.91 Å². The van der Waals surface area contributed by atoms with Crippen LogP contribution in [0.2, 0.25) is 0 Å². The van der Waals surface area contributed by atoms with E-state index < -0.39 is 11.9 Å². The normalized spacial score (nSPS) is 23.8. The number of hydrogen-bond acceptors (Lipinski definition) is 2. The number of aliphatic carboxylic acids is 1. The zero-order valence-corrected chi connectivity index (χ0v) is 5.99. The molecule has 0 aromatic carbocycles. The van der Waals surface area contributed by atoms with E-state index in [9.17, 15) is 9.59 Å². The number of likely N-dealkylation sites (tertiary alicyclic amines) is 1. The van der Waals surface area contributed by atoms with E-state index in [1.165, 1.54) is 11.1 Å². The predicted molar refractivity (Wildman–Crippen MR) is 37.7 cm³/mol. The Morgan fingerprint density at radius 2 is 2.45 bits per heavy atom. The van der Waals surface area contributed by atoms with Crippen LogP contribution < -0.4 is 0 Å². The van der Waals surface area contributed by atoms with Crippen LogP contribution in [-0.2, 0) is 9.59 Å². The van der Waals surface area contributed by atoms with Crippen LogP contribution in [0.5, 0.6) is 0 Å². The van der Waals surface area contributed by atoms with E-state index in [0.29, 0.717) is 13.0 Å². The molecule has 0 aromatic rings. The van der Waals surface area contributed by atoms with Gasteiger partial charge in [-0.3, -0.25) is 9.59 Å². The zero-order chi connectivity index (χ0) is 8.43. The lowest BCUT2D eigenvalue weighted by Crippen LogP contribution is -2.25. The molecule has 0 aliphatic carbocycles. The lowest BCUT2D eigenvalue weighted by atomic mass is 10.1. The van der Waals surface area contributed by atoms with Gasteiger partial charge in [0.05, 0.1) is 0 Å². The number of hydrogen-bond donors (Lipinski definition) is 1.